The molecule has 1 unspecified atom stereocenters. The standard InChI is InChI=1S/C16H16BrF2N/c1-10(12-7-8-15(18)16(19)9-12)20-11(2)13-5-3-4-6-14(13)17/h3-11,20H,1-2H3/t10?,11-/m0/s1. The van der Waals surface area contributed by atoms with Gasteiger partial charge in [0.25, 0.3) is 0 Å². The molecule has 2 aromatic carbocycles. The van der Waals surface area contributed by atoms with Crippen LogP contribution in [0.25, 0.3) is 0 Å². The van der Waals surface area contributed by atoms with E-state index in [1.807, 2.05) is 38.1 Å². The van der Waals surface area contributed by atoms with E-state index in [9.17, 15) is 8.78 Å². The van der Waals surface area contributed by atoms with Crippen molar-refractivity contribution in [1.29, 1.82) is 0 Å². The molecule has 0 bridgehead atoms. The monoisotopic (exact) mass is 339 g/mol. The summed E-state index contributed by atoms with van der Waals surface area (Å²) in [6.07, 6.45) is 0. The third-order valence-electron chi connectivity index (χ3n) is 3.32. The largest absolute Gasteiger partial charge is 0.304 e. The van der Waals surface area contributed by atoms with E-state index < -0.39 is 11.6 Å². The molecule has 1 nitrogen and oxygen atoms in total. The Morgan fingerprint density at radius 2 is 1.65 bits per heavy atom. The average molecular weight is 340 g/mol. The van der Waals surface area contributed by atoms with Crippen molar-refractivity contribution in [3.63, 3.8) is 0 Å². The van der Waals surface area contributed by atoms with Crippen LogP contribution >= 0.6 is 15.9 Å². The van der Waals surface area contributed by atoms with Crippen molar-refractivity contribution in [2.45, 2.75) is 25.9 Å². The first-order valence-corrected chi connectivity index (χ1v) is 7.23. The Balaban J connectivity index is 2.13. The Labute approximate surface area is 126 Å². The fourth-order valence-corrected chi connectivity index (χ4v) is 2.80. The SMILES string of the molecule is CC(N[C@@H](C)c1ccccc1Br)c1ccc(F)c(F)c1. The first kappa shape index (κ1) is 15.1. The van der Waals surface area contributed by atoms with Gasteiger partial charge in [-0.2, -0.15) is 0 Å². The number of nitrogens with one attached hydrogen (secondary N) is 1. The van der Waals surface area contributed by atoms with Crippen LogP contribution in [-0.4, -0.2) is 0 Å². The number of hydrogen-bond donors (Lipinski definition) is 1. The van der Waals surface area contributed by atoms with Gasteiger partial charge in [-0.3, -0.25) is 0 Å². The van der Waals surface area contributed by atoms with Crippen molar-refractivity contribution in [2.75, 3.05) is 0 Å². The van der Waals surface area contributed by atoms with Crippen molar-refractivity contribution >= 4 is 15.9 Å². The Kier molecular flexibility index (Phi) is 4.89. The predicted molar refractivity (Wildman–Crippen MR) is 80.5 cm³/mol. The van der Waals surface area contributed by atoms with E-state index in [1.54, 1.807) is 6.07 Å². The summed E-state index contributed by atoms with van der Waals surface area (Å²) in [5.74, 6) is -1.63. The highest BCUT2D eigenvalue weighted by molar-refractivity contribution is 9.10. The zero-order chi connectivity index (χ0) is 14.7. The van der Waals surface area contributed by atoms with Gasteiger partial charge in [0, 0.05) is 16.6 Å². The number of halogens is 3. The summed E-state index contributed by atoms with van der Waals surface area (Å²) in [6, 6.07) is 11.9. The Morgan fingerprint density at radius 1 is 0.950 bits per heavy atom. The molecule has 20 heavy (non-hydrogen) atoms. The summed E-state index contributed by atoms with van der Waals surface area (Å²) in [6.45, 7) is 3.97. The Morgan fingerprint density at radius 3 is 2.30 bits per heavy atom. The lowest BCUT2D eigenvalue weighted by Crippen LogP contribution is -2.23. The highest BCUT2D eigenvalue weighted by Gasteiger charge is 2.14. The van der Waals surface area contributed by atoms with Gasteiger partial charge in [-0.1, -0.05) is 40.2 Å². The highest BCUT2D eigenvalue weighted by atomic mass is 79.9. The summed E-state index contributed by atoms with van der Waals surface area (Å²) in [7, 11) is 0. The Hall–Kier alpha value is -1.26. The molecular formula is C16H16BrF2N. The van der Waals surface area contributed by atoms with Crippen LogP contribution in [0.3, 0.4) is 0 Å². The van der Waals surface area contributed by atoms with E-state index in [4.69, 9.17) is 0 Å². The molecule has 2 aromatic rings. The van der Waals surface area contributed by atoms with Gasteiger partial charge in [-0.05, 0) is 43.2 Å². The molecule has 0 aliphatic heterocycles. The number of rotatable bonds is 4. The molecule has 0 aliphatic rings. The third kappa shape index (κ3) is 3.44. The van der Waals surface area contributed by atoms with Gasteiger partial charge in [0.05, 0.1) is 0 Å². The van der Waals surface area contributed by atoms with Crippen LogP contribution in [0.15, 0.2) is 46.9 Å². The van der Waals surface area contributed by atoms with E-state index >= 15 is 0 Å². The van der Waals surface area contributed by atoms with Gasteiger partial charge in [-0.25, -0.2) is 8.78 Å². The minimum atomic E-state index is -0.820. The molecule has 0 amide bonds. The summed E-state index contributed by atoms with van der Waals surface area (Å²) >= 11 is 3.51. The topological polar surface area (TPSA) is 12.0 Å². The molecule has 0 aromatic heterocycles. The lowest BCUT2D eigenvalue weighted by atomic mass is 10.0. The lowest BCUT2D eigenvalue weighted by molar-refractivity contribution is 0.479. The van der Waals surface area contributed by atoms with Gasteiger partial charge in [0.1, 0.15) is 0 Å². The molecule has 0 fully saturated rings. The van der Waals surface area contributed by atoms with Crippen LogP contribution in [0.2, 0.25) is 0 Å². The van der Waals surface area contributed by atoms with E-state index in [1.165, 1.54) is 6.07 Å². The number of benzene rings is 2. The van der Waals surface area contributed by atoms with Crippen molar-refractivity contribution < 1.29 is 8.78 Å². The third-order valence-corrected chi connectivity index (χ3v) is 4.04. The van der Waals surface area contributed by atoms with Crippen LogP contribution in [0.1, 0.15) is 37.1 Å². The van der Waals surface area contributed by atoms with Crippen LogP contribution in [0, 0.1) is 11.6 Å². The molecule has 1 N–H and O–H groups in total. The lowest BCUT2D eigenvalue weighted by Gasteiger charge is -2.21. The van der Waals surface area contributed by atoms with Gasteiger partial charge in [0.2, 0.25) is 0 Å². The molecule has 0 heterocycles. The highest BCUT2D eigenvalue weighted by Crippen LogP contribution is 2.25. The molecule has 0 saturated heterocycles. The molecule has 2 rings (SSSR count). The zero-order valence-electron chi connectivity index (χ0n) is 11.3. The first-order valence-electron chi connectivity index (χ1n) is 6.44. The predicted octanol–water partition coefficient (Wildman–Crippen LogP) is 5.14. The van der Waals surface area contributed by atoms with Gasteiger partial charge < -0.3 is 5.32 Å². The molecule has 0 saturated carbocycles. The molecule has 0 aliphatic carbocycles. The Bertz CT molecular complexity index is 601. The minimum absolute atomic E-state index is 0.0767. The second-order valence-electron chi connectivity index (χ2n) is 4.81. The second kappa shape index (κ2) is 6.46. The molecule has 0 radical (unpaired) electrons. The fourth-order valence-electron chi connectivity index (χ4n) is 2.17. The average Bonchev–Trinajstić information content (AvgIpc) is 2.42. The summed E-state index contributed by atoms with van der Waals surface area (Å²) < 4.78 is 27.2. The molecule has 106 valence electrons. The van der Waals surface area contributed by atoms with Crippen LogP contribution in [0.4, 0.5) is 8.78 Å². The maximum Gasteiger partial charge on any atom is 0.159 e. The van der Waals surface area contributed by atoms with E-state index in [0.29, 0.717) is 0 Å². The quantitative estimate of drug-likeness (QED) is 0.813. The van der Waals surface area contributed by atoms with Crippen molar-refractivity contribution in [3.8, 4) is 0 Å². The van der Waals surface area contributed by atoms with Gasteiger partial charge in [0.15, 0.2) is 11.6 Å². The maximum absolute atomic E-state index is 13.3. The summed E-state index contributed by atoms with van der Waals surface area (Å²) in [5, 5.41) is 3.38. The minimum Gasteiger partial charge on any atom is -0.304 e. The van der Waals surface area contributed by atoms with E-state index in [0.717, 1.165) is 21.7 Å². The van der Waals surface area contributed by atoms with E-state index in [-0.39, 0.29) is 12.1 Å². The summed E-state index contributed by atoms with van der Waals surface area (Å²) in [5.41, 5.74) is 1.85. The van der Waals surface area contributed by atoms with Crippen molar-refractivity contribution in [3.05, 3.63) is 69.7 Å². The summed E-state index contributed by atoms with van der Waals surface area (Å²) in [4.78, 5) is 0. The maximum atomic E-state index is 13.3. The first-order chi connectivity index (χ1) is 9.49. The normalized spacial score (nSPS) is 14.1. The molecule has 0 spiro atoms. The fraction of sp³-hybridized carbons (Fsp3) is 0.250. The molecule has 4 heteroatoms. The smallest absolute Gasteiger partial charge is 0.159 e. The van der Waals surface area contributed by atoms with Crippen molar-refractivity contribution in [1.82, 2.24) is 5.32 Å². The zero-order valence-corrected chi connectivity index (χ0v) is 12.9. The van der Waals surface area contributed by atoms with Crippen LogP contribution in [0.5, 0.6) is 0 Å². The molecule has 2 atom stereocenters. The van der Waals surface area contributed by atoms with E-state index in [2.05, 4.69) is 21.2 Å². The number of hydrogen-bond acceptors (Lipinski definition) is 1. The second-order valence-corrected chi connectivity index (χ2v) is 5.66. The van der Waals surface area contributed by atoms with Gasteiger partial charge in [-0.15, -0.1) is 0 Å². The van der Waals surface area contributed by atoms with Crippen LogP contribution < -0.4 is 5.32 Å². The molecular weight excluding hydrogens is 324 g/mol. The van der Waals surface area contributed by atoms with Gasteiger partial charge >= 0.3 is 0 Å². The van der Waals surface area contributed by atoms with Crippen LogP contribution in [-0.2, 0) is 0 Å². The van der Waals surface area contributed by atoms with Crippen molar-refractivity contribution in [2.24, 2.45) is 0 Å².